The summed E-state index contributed by atoms with van der Waals surface area (Å²) in [5.74, 6) is -13.8. The predicted octanol–water partition coefficient (Wildman–Crippen LogP) is -2.59. The van der Waals surface area contributed by atoms with Gasteiger partial charge in [-0.05, 0) is 93.9 Å². The number of unbranched alkanes of at least 4 members (excludes halogenated alkanes) is 1. The average Bonchev–Trinajstić information content (AvgIpc) is 1.61. The molecule has 2 saturated heterocycles. The third-order valence-electron chi connectivity index (χ3n) is 17.0. The minimum Gasteiger partial charge on any atom is -0.508 e. The number of phenolic OH excluding ortho intramolecular Hbond substituents is 1. The van der Waals surface area contributed by atoms with Crippen LogP contribution >= 0.6 is 21.6 Å². The molecule has 2 fully saturated rings. The van der Waals surface area contributed by atoms with Crippen LogP contribution in [-0.4, -0.2) is 289 Å². The zero-order valence-corrected chi connectivity index (χ0v) is 58.5. The summed E-state index contributed by atoms with van der Waals surface area (Å²) < 4.78 is 0. The fraction of sp³-hybridized carbons (Fsp3) is 0.522. The van der Waals surface area contributed by atoms with Crippen LogP contribution < -0.4 is 48.3 Å². The van der Waals surface area contributed by atoms with Crippen LogP contribution in [0.4, 0.5) is 0 Å². The van der Waals surface area contributed by atoms with Crippen molar-refractivity contribution >= 4 is 104 Å². The Morgan fingerprint density at radius 2 is 1.11 bits per heavy atom. The van der Waals surface area contributed by atoms with Crippen LogP contribution in [0.15, 0.2) is 85.1 Å². The predicted molar refractivity (Wildman–Crippen MR) is 376 cm³/mol. The number of aromatic hydroxyl groups is 1. The number of rotatable bonds is 26. The number of nitrogens with two attached hydrogens (primary N) is 1. The molecule has 1 aromatic heterocycles. The molecule has 558 valence electrons. The van der Waals surface area contributed by atoms with Crippen molar-refractivity contribution in [2.75, 3.05) is 96.6 Å². The molecule has 4 aromatic rings. The minimum absolute atomic E-state index is 0.0852. The number of aromatic nitrogens is 1. The Kier molecular flexibility index (Phi) is 33.7. The molecule has 0 aliphatic carbocycles. The van der Waals surface area contributed by atoms with Gasteiger partial charge >= 0.3 is 23.9 Å². The number of aliphatic carboxylic acids is 4. The molecule has 18 N–H and O–H groups in total. The van der Waals surface area contributed by atoms with Crippen LogP contribution in [-0.2, 0) is 76.8 Å². The number of aliphatic hydroxyl groups is 2. The van der Waals surface area contributed by atoms with Gasteiger partial charge in [-0.1, -0.05) is 82.3 Å². The molecule has 10 atom stereocenters. The Morgan fingerprint density at radius 1 is 0.578 bits per heavy atom. The summed E-state index contributed by atoms with van der Waals surface area (Å²) in [5.41, 5.74) is 7.99. The summed E-state index contributed by atoms with van der Waals surface area (Å²) >= 11 is 0. The van der Waals surface area contributed by atoms with E-state index in [2.05, 4.69) is 47.5 Å². The summed E-state index contributed by atoms with van der Waals surface area (Å²) in [6.07, 6.45) is -1.23. The number of nitrogens with zero attached hydrogens (tertiary/aromatic N) is 4. The molecule has 3 heterocycles. The molecule has 0 bridgehead atoms. The van der Waals surface area contributed by atoms with E-state index in [0.29, 0.717) is 46.9 Å². The third kappa shape index (κ3) is 27.8. The van der Waals surface area contributed by atoms with E-state index in [9.17, 15) is 78.9 Å². The molecule has 35 heteroatoms. The molecule has 0 unspecified atom stereocenters. The lowest BCUT2D eigenvalue weighted by Gasteiger charge is -2.31. The Labute approximate surface area is 596 Å². The fourth-order valence-electron chi connectivity index (χ4n) is 11.6. The van der Waals surface area contributed by atoms with Crippen molar-refractivity contribution in [3.63, 3.8) is 0 Å². The number of para-hydroxylation sites is 1. The second-order valence-electron chi connectivity index (χ2n) is 25.2. The zero-order valence-electron chi connectivity index (χ0n) is 56.8. The average molecular weight is 1460 g/mol. The van der Waals surface area contributed by atoms with Crippen LogP contribution in [0.5, 0.6) is 5.75 Å². The van der Waals surface area contributed by atoms with Crippen LogP contribution in [0.3, 0.4) is 0 Å². The first-order valence-electron chi connectivity index (χ1n) is 33.5. The van der Waals surface area contributed by atoms with Crippen molar-refractivity contribution in [2.24, 2.45) is 5.73 Å². The van der Waals surface area contributed by atoms with Gasteiger partial charge in [0.2, 0.25) is 47.3 Å². The quantitative estimate of drug-likeness (QED) is 0.0226. The summed E-state index contributed by atoms with van der Waals surface area (Å²) in [6.45, 7) is 2.49. The summed E-state index contributed by atoms with van der Waals surface area (Å²) in [5, 5.41) is 92.6. The number of aromatic amines is 1. The molecule has 0 radical (unpaired) electrons. The zero-order chi connectivity index (χ0) is 74.4. The number of hydrogen-bond acceptors (Lipinski definition) is 22. The highest BCUT2D eigenvalue weighted by Crippen LogP contribution is 2.25. The van der Waals surface area contributed by atoms with E-state index in [4.69, 9.17) is 5.73 Å². The van der Waals surface area contributed by atoms with Gasteiger partial charge < -0.3 is 89.0 Å². The van der Waals surface area contributed by atoms with E-state index >= 15 is 14.4 Å². The molecule has 0 saturated carbocycles. The molecule has 0 spiro atoms. The number of nitrogens with one attached hydrogen (secondary N) is 9. The lowest BCUT2D eigenvalue weighted by atomic mass is 10.0. The molecular weight excluding hydrogens is 1370 g/mol. The van der Waals surface area contributed by atoms with Gasteiger partial charge in [0, 0.05) is 93.7 Å². The third-order valence-corrected chi connectivity index (χ3v) is 19.4. The molecule has 3 aromatic carbocycles. The molecule has 2 aliphatic heterocycles. The monoisotopic (exact) mass is 1460 g/mol. The van der Waals surface area contributed by atoms with Gasteiger partial charge in [0.15, 0.2) is 6.04 Å². The van der Waals surface area contributed by atoms with Crippen LogP contribution in [0.25, 0.3) is 10.9 Å². The molecule has 33 nitrogen and oxygen atoms in total. The number of carbonyl (C=O) groups is 12. The van der Waals surface area contributed by atoms with Gasteiger partial charge in [-0.2, -0.15) is 0 Å². The van der Waals surface area contributed by atoms with Crippen LogP contribution in [0, 0.1) is 0 Å². The molecular formula is C67H94N14O19S2. The maximum absolute atomic E-state index is 15.3. The van der Waals surface area contributed by atoms with E-state index in [1.807, 2.05) is 0 Å². The first-order valence-corrected chi connectivity index (χ1v) is 36.0. The number of carboxylic acids is 4. The molecule has 8 amide bonds. The Morgan fingerprint density at radius 3 is 1.67 bits per heavy atom. The SMILES string of the molecule is C[C@@H](O)[C@H](NC(=O)[C@@H]1CSSC[C@H](NC(=O)[C@@H](Cc2ccccc2)NC(=O)CN2CCCN(CC(=O)O)CCN(CC(=O)O)CCCN(CC(=O)O)CC2)C(=O)N[C@@H](Cc2ccc(O)cc2)C(=O)N[C@H](Cc2c[nH]c3ccccc23)C(=O)N[C@@H](CCCCN)C(=O)N[C@@H]([C@@H](C)O)C(=O)N1)C(=O)O. The van der Waals surface area contributed by atoms with Crippen molar-refractivity contribution in [1.82, 2.24) is 67.1 Å². The highest BCUT2D eigenvalue weighted by molar-refractivity contribution is 8.76. The van der Waals surface area contributed by atoms with Gasteiger partial charge in [0.05, 0.1) is 38.4 Å². The standard InChI is InChI=1S/C67H94N14O19S2/c1-40(82)58-66(98)75-53(65(97)77-59(41(2)83)67(99)100)39-102-101-38-52(64(96)72-50(31-43-17-19-45(84)20-18-43)62(94)73-51(32-44-33-69-47-15-7-6-14-46(44)47)63(95)71-48(60(92)76-58)16-8-9-21-68)74-61(93)49(30-42-12-4-3-5-13-42)70-54(85)34-78-22-10-23-80(36-56(88)89)28-29-81(37-57(90)91)25-11-24-79(27-26-78)35-55(86)87/h3-7,12-15,17-20,33,40-41,48-53,58-59,69,82-84H,8-11,16,21-32,34-39,68H2,1-2H3,(H,70,85)(H,71,95)(H,72,96)(H,73,94)(H,74,93)(H,75,98)(H,76,92)(H,77,97)(H,86,87)(H,88,89)(H,90,91)(H,99,100)/t40-,41-,48+,49-,50+,51-,52+,53+,58+,59+/m1/s1. The number of carbonyl (C=O) groups excluding carboxylic acids is 8. The van der Waals surface area contributed by atoms with Gasteiger partial charge in [-0.15, -0.1) is 0 Å². The highest BCUT2D eigenvalue weighted by Gasteiger charge is 2.38. The van der Waals surface area contributed by atoms with Crippen molar-refractivity contribution in [2.45, 2.75) is 126 Å². The number of phenols is 1. The van der Waals surface area contributed by atoms with Crippen molar-refractivity contribution in [3.05, 3.63) is 102 Å². The summed E-state index contributed by atoms with van der Waals surface area (Å²) in [6, 6.07) is 8.07. The van der Waals surface area contributed by atoms with E-state index < -0.39 is 143 Å². The fourth-order valence-corrected chi connectivity index (χ4v) is 13.9. The van der Waals surface area contributed by atoms with E-state index in [0.717, 1.165) is 28.5 Å². The second-order valence-corrected chi connectivity index (χ2v) is 27.7. The topological polar surface area (TPSA) is 497 Å². The van der Waals surface area contributed by atoms with Crippen molar-refractivity contribution < 1.29 is 93.3 Å². The maximum atomic E-state index is 15.3. The molecule has 102 heavy (non-hydrogen) atoms. The van der Waals surface area contributed by atoms with Crippen molar-refractivity contribution in [1.29, 1.82) is 0 Å². The normalized spacial score (nSPS) is 21.9. The minimum atomic E-state index is -1.91. The lowest BCUT2D eigenvalue weighted by Crippen LogP contribution is -2.62. The summed E-state index contributed by atoms with van der Waals surface area (Å²) in [7, 11) is 1.68. The van der Waals surface area contributed by atoms with E-state index in [1.54, 1.807) is 80.4 Å². The smallest absolute Gasteiger partial charge is 0.328 e. The van der Waals surface area contributed by atoms with Gasteiger partial charge in [0.1, 0.15) is 48.0 Å². The largest absolute Gasteiger partial charge is 0.508 e. The van der Waals surface area contributed by atoms with E-state index in [1.165, 1.54) is 31.2 Å². The van der Waals surface area contributed by atoms with E-state index in [-0.39, 0.29) is 123 Å². The number of hydrogen-bond donors (Lipinski definition) is 17. The Bertz CT molecular complexity index is 3480. The maximum Gasteiger partial charge on any atom is 0.328 e. The summed E-state index contributed by atoms with van der Waals surface area (Å²) in [4.78, 5) is 176. The van der Waals surface area contributed by atoms with Gasteiger partial charge in [-0.3, -0.25) is 72.3 Å². The number of aliphatic hydroxyl groups excluding tert-OH is 2. The highest BCUT2D eigenvalue weighted by atomic mass is 33.1. The number of H-pyrrole nitrogens is 1. The van der Waals surface area contributed by atoms with Gasteiger partial charge in [-0.25, -0.2) is 4.79 Å². The number of fused-ring (bicyclic) bond motifs is 1. The number of benzene rings is 3. The Hall–Kier alpha value is -8.94. The second kappa shape index (κ2) is 41.8. The lowest BCUT2D eigenvalue weighted by molar-refractivity contribution is -0.145. The molecule has 2 aliphatic rings. The first-order chi connectivity index (χ1) is 48.7. The van der Waals surface area contributed by atoms with Crippen LogP contribution in [0.2, 0.25) is 0 Å². The van der Waals surface area contributed by atoms with Gasteiger partial charge in [0.25, 0.3) is 0 Å². The first kappa shape index (κ1) is 82.0. The number of amides is 8. The Balaban J connectivity index is 1.40. The molecule has 6 rings (SSSR count). The van der Waals surface area contributed by atoms with Crippen LogP contribution in [0.1, 0.15) is 62.6 Å². The van der Waals surface area contributed by atoms with Crippen molar-refractivity contribution in [3.8, 4) is 5.75 Å². The number of carboxylic acid groups (broad SMARTS) is 4.